The van der Waals surface area contributed by atoms with Crippen LogP contribution in [0.3, 0.4) is 0 Å². The van der Waals surface area contributed by atoms with Crippen molar-refractivity contribution in [1.29, 1.82) is 5.26 Å². The number of ether oxygens (including phenoxy) is 1. The van der Waals surface area contributed by atoms with Crippen molar-refractivity contribution in [1.82, 2.24) is 0 Å². The molecule has 104 valence electrons. The SMILES string of the molecule is Cc1ccc(C2(CSC#N)OC(=O)c3ccccc32)cc1. The molecule has 3 nitrogen and oxygen atoms in total. The van der Waals surface area contributed by atoms with Crippen LogP contribution >= 0.6 is 11.8 Å². The van der Waals surface area contributed by atoms with E-state index in [9.17, 15) is 4.79 Å². The number of hydrogen-bond donors (Lipinski definition) is 0. The van der Waals surface area contributed by atoms with Crippen molar-refractivity contribution < 1.29 is 9.53 Å². The first-order valence-electron chi connectivity index (χ1n) is 6.58. The average Bonchev–Trinajstić information content (AvgIpc) is 2.80. The molecule has 0 amide bonds. The lowest BCUT2D eigenvalue weighted by Gasteiger charge is -2.28. The summed E-state index contributed by atoms with van der Waals surface area (Å²) in [4.78, 5) is 12.2. The van der Waals surface area contributed by atoms with E-state index in [1.165, 1.54) is 0 Å². The predicted molar refractivity (Wildman–Crippen MR) is 81.9 cm³/mol. The molecule has 0 spiro atoms. The fourth-order valence-corrected chi connectivity index (χ4v) is 3.29. The summed E-state index contributed by atoms with van der Waals surface area (Å²) in [6, 6.07) is 15.3. The molecule has 1 aliphatic rings. The van der Waals surface area contributed by atoms with E-state index in [1.54, 1.807) is 6.07 Å². The Kier molecular flexibility index (Phi) is 3.44. The lowest BCUT2D eigenvalue weighted by Crippen LogP contribution is -2.30. The van der Waals surface area contributed by atoms with E-state index in [0.717, 1.165) is 28.5 Å². The molecule has 1 heterocycles. The maximum Gasteiger partial charge on any atom is 0.339 e. The highest BCUT2D eigenvalue weighted by Crippen LogP contribution is 2.43. The molecule has 0 N–H and O–H groups in total. The zero-order chi connectivity index (χ0) is 14.9. The number of thioether (sulfide) groups is 1. The first kappa shape index (κ1) is 13.7. The van der Waals surface area contributed by atoms with Crippen LogP contribution in [0.5, 0.6) is 0 Å². The van der Waals surface area contributed by atoms with Crippen LogP contribution in [0.4, 0.5) is 0 Å². The number of hydrogen-bond acceptors (Lipinski definition) is 4. The number of carbonyl (C=O) groups is 1. The summed E-state index contributed by atoms with van der Waals surface area (Å²) in [5, 5.41) is 11.0. The minimum absolute atomic E-state index is 0.329. The van der Waals surface area contributed by atoms with Crippen LogP contribution in [0, 0.1) is 17.6 Å². The summed E-state index contributed by atoms with van der Waals surface area (Å²) in [6.45, 7) is 2.01. The van der Waals surface area contributed by atoms with E-state index in [1.807, 2.05) is 49.4 Å². The van der Waals surface area contributed by atoms with Crippen molar-refractivity contribution in [2.75, 3.05) is 5.75 Å². The molecular formula is C17H13NO2S. The van der Waals surface area contributed by atoms with E-state index in [4.69, 9.17) is 10.00 Å². The second kappa shape index (κ2) is 5.27. The number of nitrogens with zero attached hydrogens (tertiary/aromatic N) is 1. The molecule has 2 aromatic carbocycles. The zero-order valence-electron chi connectivity index (χ0n) is 11.5. The lowest BCUT2D eigenvalue weighted by atomic mass is 9.87. The topological polar surface area (TPSA) is 50.1 Å². The summed E-state index contributed by atoms with van der Waals surface area (Å²) in [5.74, 6) is 0.0553. The molecule has 0 saturated carbocycles. The number of esters is 1. The third kappa shape index (κ3) is 2.20. The summed E-state index contributed by atoms with van der Waals surface area (Å²) < 4.78 is 5.74. The molecule has 1 aliphatic heterocycles. The minimum Gasteiger partial charge on any atom is -0.445 e. The summed E-state index contributed by atoms with van der Waals surface area (Å²) >= 11 is 1.10. The Hall–Kier alpha value is -2.25. The van der Waals surface area contributed by atoms with Crippen molar-refractivity contribution in [3.05, 3.63) is 70.8 Å². The van der Waals surface area contributed by atoms with Gasteiger partial charge < -0.3 is 4.74 Å². The van der Waals surface area contributed by atoms with E-state index >= 15 is 0 Å². The van der Waals surface area contributed by atoms with Gasteiger partial charge in [0.25, 0.3) is 0 Å². The smallest absolute Gasteiger partial charge is 0.339 e. The zero-order valence-corrected chi connectivity index (χ0v) is 12.3. The average molecular weight is 295 g/mol. The minimum atomic E-state index is -0.873. The molecule has 0 bridgehead atoms. The molecule has 1 atom stereocenters. The first-order valence-corrected chi connectivity index (χ1v) is 7.57. The van der Waals surface area contributed by atoms with Gasteiger partial charge in [-0.15, -0.1) is 0 Å². The molecule has 4 heteroatoms. The van der Waals surface area contributed by atoms with Gasteiger partial charge in [-0.05, 0) is 24.8 Å². The van der Waals surface area contributed by atoms with Gasteiger partial charge in [0.05, 0.1) is 11.3 Å². The molecule has 0 fully saturated rings. The number of carbonyl (C=O) groups excluding carboxylic acids is 1. The number of benzene rings is 2. The largest absolute Gasteiger partial charge is 0.445 e. The summed E-state index contributed by atoms with van der Waals surface area (Å²) in [6.07, 6.45) is 0. The Morgan fingerprint density at radius 3 is 2.62 bits per heavy atom. The maximum absolute atomic E-state index is 12.2. The molecule has 0 aliphatic carbocycles. The van der Waals surface area contributed by atoms with Crippen molar-refractivity contribution in [3.63, 3.8) is 0 Å². The van der Waals surface area contributed by atoms with Gasteiger partial charge in [0.1, 0.15) is 5.40 Å². The third-order valence-electron chi connectivity index (χ3n) is 3.71. The second-order valence-corrected chi connectivity index (χ2v) is 5.77. The van der Waals surface area contributed by atoms with Crippen LogP contribution in [0.1, 0.15) is 27.0 Å². The number of aryl methyl sites for hydroxylation is 1. The van der Waals surface area contributed by atoms with Gasteiger partial charge in [-0.1, -0.05) is 48.0 Å². The van der Waals surface area contributed by atoms with E-state index in [2.05, 4.69) is 5.40 Å². The molecular weight excluding hydrogens is 282 g/mol. The molecule has 21 heavy (non-hydrogen) atoms. The normalized spacial score (nSPS) is 19.7. The van der Waals surface area contributed by atoms with Crippen molar-refractivity contribution >= 4 is 17.7 Å². The van der Waals surface area contributed by atoms with Gasteiger partial charge in [0, 0.05) is 11.1 Å². The van der Waals surface area contributed by atoms with Gasteiger partial charge in [-0.25, -0.2) is 4.79 Å². The molecule has 0 aromatic heterocycles. The Morgan fingerprint density at radius 2 is 1.90 bits per heavy atom. The monoisotopic (exact) mass is 295 g/mol. The van der Waals surface area contributed by atoms with E-state index in [0.29, 0.717) is 11.3 Å². The third-order valence-corrected chi connectivity index (χ3v) is 4.39. The van der Waals surface area contributed by atoms with E-state index < -0.39 is 5.60 Å². The lowest BCUT2D eigenvalue weighted by molar-refractivity contribution is 0.0198. The van der Waals surface area contributed by atoms with Crippen LogP contribution in [0.25, 0.3) is 0 Å². The summed E-state index contributed by atoms with van der Waals surface area (Å²) in [7, 11) is 0. The molecule has 2 aromatic rings. The highest BCUT2D eigenvalue weighted by molar-refractivity contribution is 8.03. The number of thiocyanates is 1. The Balaban J connectivity index is 2.18. The number of rotatable bonds is 3. The van der Waals surface area contributed by atoms with Gasteiger partial charge in [-0.3, -0.25) is 0 Å². The maximum atomic E-state index is 12.2. The number of fused-ring (bicyclic) bond motifs is 1. The Morgan fingerprint density at radius 1 is 1.19 bits per heavy atom. The molecule has 0 radical (unpaired) electrons. The van der Waals surface area contributed by atoms with Crippen LogP contribution in [-0.4, -0.2) is 11.7 Å². The number of cyclic esters (lactones) is 1. The van der Waals surface area contributed by atoms with Gasteiger partial charge in [0.2, 0.25) is 0 Å². The van der Waals surface area contributed by atoms with Crippen LogP contribution in [0.2, 0.25) is 0 Å². The van der Waals surface area contributed by atoms with Gasteiger partial charge in [-0.2, -0.15) is 5.26 Å². The molecule has 0 saturated heterocycles. The van der Waals surface area contributed by atoms with Gasteiger partial charge in [0.15, 0.2) is 5.60 Å². The first-order chi connectivity index (χ1) is 10.2. The van der Waals surface area contributed by atoms with Crippen LogP contribution in [0.15, 0.2) is 48.5 Å². The Bertz CT molecular complexity index is 733. The molecule has 1 unspecified atom stereocenters. The van der Waals surface area contributed by atoms with Crippen LogP contribution in [-0.2, 0) is 10.3 Å². The predicted octanol–water partition coefficient (Wildman–Crippen LogP) is 3.62. The van der Waals surface area contributed by atoms with Crippen molar-refractivity contribution in [2.24, 2.45) is 0 Å². The number of nitriles is 1. The Labute approximate surface area is 127 Å². The van der Waals surface area contributed by atoms with Crippen molar-refractivity contribution in [3.8, 4) is 5.40 Å². The quantitative estimate of drug-likeness (QED) is 0.641. The fourth-order valence-electron chi connectivity index (χ4n) is 2.64. The van der Waals surface area contributed by atoms with Gasteiger partial charge >= 0.3 is 5.97 Å². The highest BCUT2D eigenvalue weighted by Gasteiger charge is 2.46. The van der Waals surface area contributed by atoms with Crippen molar-refractivity contribution in [2.45, 2.75) is 12.5 Å². The van der Waals surface area contributed by atoms with Crippen LogP contribution < -0.4 is 0 Å². The van der Waals surface area contributed by atoms with E-state index in [-0.39, 0.29) is 5.97 Å². The standard InChI is InChI=1S/C17H13NO2S/c1-12-6-8-13(9-7-12)17(10-21-11-18)15-5-3-2-4-14(15)16(19)20-17/h2-9H,10H2,1H3. The second-order valence-electron chi connectivity index (χ2n) is 5.01. The molecule has 3 rings (SSSR count). The summed E-state index contributed by atoms with van der Waals surface area (Å²) in [5.41, 5.74) is 2.58. The fraction of sp³-hybridized carbons (Fsp3) is 0.176. The highest BCUT2D eigenvalue weighted by atomic mass is 32.2.